The molecule has 0 fully saturated rings. The third-order valence-corrected chi connectivity index (χ3v) is 0.682. The van der Waals surface area contributed by atoms with Crippen molar-refractivity contribution in [2.75, 3.05) is 0 Å². The Hall–Kier alpha value is 0.250. The van der Waals surface area contributed by atoms with E-state index in [1.165, 1.54) is 6.92 Å². The van der Waals surface area contributed by atoms with E-state index in [0.717, 1.165) is 0 Å². The van der Waals surface area contributed by atoms with Gasteiger partial charge in [-0.05, 0) is 19.9 Å². The van der Waals surface area contributed by atoms with Crippen LogP contribution in [-0.2, 0) is 4.79 Å². The van der Waals surface area contributed by atoms with Crippen molar-refractivity contribution >= 4 is 43.7 Å². The summed E-state index contributed by atoms with van der Waals surface area (Å²) in [5.41, 5.74) is 2.78. The van der Waals surface area contributed by atoms with E-state index in [0.29, 0.717) is 0 Å². The fourth-order valence-corrected chi connectivity index (χ4v) is 0.278. The van der Waals surface area contributed by atoms with Gasteiger partial charge in [-0.25, -0.2) is 4.79 Å². The van der Waals surface area contributed by atoms with Gasteiger partial charge in [-0.3, -0.25) is 0 Å². The predicted molar refractivity (Wildman–Crippen MR) is 39.1 cm³/mol. The minimum atomic E-state index is -0.914. The van der Waals surface area contributed by atoms with Crippen LogP contribution in [0.3, 0.4) is 0 Å². The van der Waals surface area contributed by atoms with Gasteiger partial charge in [-0.2, -0.15) is 0 Å². The molecule has 48 valence electrons. The van der Waals surface area contributed by atoms with Gasteiger partial charge in [0, 0.05) is 0 Å². The second-order valence-corrected chi connectivity index (χ2v) is 1.36. The van der Waals surface area contributed by atoms with E-state index in [1.807, 2.05) is 0 Å². The topological polar surface area (TPSA) is 37.3 Å². The molecule has 0 aliphatic carbocycles. The average Bonchev–Trinajstić information content (AvgIpc) is 1.67. The Balaban J connectivity index is 0. The van der Waals surface area contributed by atoms with Crippen LogP contribution in [0.1, 0.15) is 13.8 Å². The molecule has 0 heterocycles. The van der Waals surface area contributed by atoms with Crippen molar-refractivity contribution in [3.63, 3.8) is 0 Å². The van der Waals surface area contributed by atoms with Crippen LogP contribution in [0.25, 0.3) is 0 Å². The van der Waals surface area contributed by atoms with Crippen molar-refractivity contribution in [1.29, 1.82) is 0 Å². The molecule has 0 spiro atoms. The number of carboxylic acid groups (broad SMARTS) is 1. The molecule has 0 unspecified atom stereocenters. The molecule has 0 radical (unpaired) electrons. The molecule has 0 saturated heterocycles. The summed E-state index contributed by atoms with van der Waals surface area (Å²) >= 11 is 0. The first-order valence-corrected chi connectivity index (χ1v) is 2.29. The Kier molecular flexibility index (Phi) is 8.48. The SMILES string of the molecule is CC=C=C(C)C(=O)O.[CaH2]. The summed E-state index contributed by atoms with van der Waals surface area (Å²) in [6, 6.07) is 0. The molecule has 0 aliphatic heterocycles. The summed E-state index contributed by atoms with van der Waals surface area (Å²) < 4.78 is 0. The fraction of sp³-hybridized carbons (Fsp3) is 0.333. The molecule has 0 amide bonds. The average molecular weight is 154 g/mol. The van der Waals surface area contributed by atoms with Crippen LogP contribution in [0, 0.1) is 0 Å². The molecular formula is C6H10CaO2. The first kappa shape index (κ1) is 12.0. The fourth-order valence-electron chi connectivity index (χ4n) is 0.278. The minimum absolute atomic E-state index is 0. The van der Waals surface area contributed by atoms with Crippen LogP contribution >= 0.6 is 0 Å². The van der Waals surface area contributed by atoms with Gasteiger partial charge in [-0.1, -0.05) is 0 Å². The number of carbonyl (C=O) groups is 1. The molecular weight excluding hydrogens is 144 g/mol. The first-order valence-electron chi connectivity index (χ1n) is 2.29. The standard InChI is InChI=1S/C6H8O2.Ca.2H/c1-3-4-5(2)6(7)8;;;/h3H,1-2H3,(H,7,8);;;. The Labute approximate surface area is 84.3 Å². The van der Waals surface area contributed by atoms with Crippen molar-refractivity contribution in [3.05, 3.63) is 17.4 Å². The maximum absolute atomic E-state index is 9.97. The van der Waals surface area contributed by atoms with E-state index < -0.39 is 5.97 Å². The van der Waals surface area contributed by atoms with Gasteiger partial charge >= 0.3 is 43.7 Å². The molecule has 3 heteroatoms. The molecule has 0 aromatic heterocycles. The molecule has 9 heavy (non-hydrogen) atoms. The van der Waals surface area contributed by atoms with Gasteiger partial charge in [0.05, 0.1) is 5.57 Å². The van der Waals surface area contributed by atoms with Crippen LogP contribution < -0.4 is 0 Å². The molecule has 0 aromatic carbocycles. The summed E-state index contributed by atoms with van der Waals surface area (Å²) in [6.07, 6.45) is 1.57. The predicted octanol–water partition coefficient (Wildman–Crippen LogP) is 0.276. The third kappa shape index (κ3) is 6.13. The van der Waals surface area contributed by atoms with Crippen molar-refractivity contribution in [2.24, 2.45) is 0 Å². The number of carboxylic acids is 1. The molecule has 0 rings (SSSR count). The normalized spacial score (nSPS) is 6.44. The number of hydrogen-bond acceptors (Lipinski definition) is 1. The van der Waals surface area contributed by atoms with Crippen molar-refractivity contribution in [3.8, 4) is 0 Å². The van der Waals surface area contributed by atoms with Crippen LogP contribution in [0.5, 0.6) is 0 Å². The van der Waals surface area contributed by atoms with E-state index in [-0.39, 0.29) is 43.3 Å². The van der Waals surface area contributed by atoms with E-state index >= 15 is 0 Å². The Morgan fingerprint density at radius 2 is 2.11 bits per heavy atom. The Bertz CT molecular complexity index is 154. The van der Waals surface area contributed by atoms with Gasteiger partial charge in [0.25, 0.3) is 0 Å². The molecule has 0 aliphatic rings. The summed E-state index contributed by atoms with van der Waals surface area (Å²) in [7, 11) is 0. The molecule has 0 aromatic rings. The zero-order chi connectivity index (χ0) is 6.57. The molecule has 0 saturated carbocycles. The van der Waals surface area contributed by atoms with Crippen molar-refractivity contribution < 1.29 is 9.90 Å². The molecule has 2 nitrogen and oxygen atoms in total. The quantitative estimate of drug-likeness (QED) is 0.334. The molecule has 0 bridgehead atoms. The van der Waals surface area contributed by atoms with Crippen molar-refractivity contribution in [1.82, 2.24) is 0 Å². The second kappa shape index (κ2) is 6.37. The van der Waals surface area contributed by atoms with Crippen LogP contribution in [-0.4, -0.2) is 48.8 Å². The number of hydrogen-bond donors (Lipinski definition) is 1. The van der Waals surface area contributed by atoms with Crippen molar-refractivity contribution in [2.45, 2.75) is 13.8 Å². The van der Waals surface area contributed by atoms with Gasteiger partial charge in [0.2, 0.25) is 0 Å². The Morgan fingerprint density at radius 1 is 1.67 bits per heavy atom. The summed E-state index contributed by atoms with van der Waals surface area (Å²) in [6.45, 7) is 3.23. The van der Waals surface area contributed by atoms with Gasteiger partial charge in [0.1, 0.15) is 0 Å². The number of aliphatic carboxylic acids is 1. The Morgan fingerprint density at radius 3 is 2.22 bits per heavy atom. The zero-order valence-corrected chi connectivity index (χ0v) is 4.93. The van der Waals surface area contributed by atoms with Crippen LogP contribution in [0.4, 0.5) is 0 Å². The van der Waals surface area contributed by atoms with Gasteiger partial charge < -0.3 is 5.11 Å². The van der Waals surface area contributed by atoms with E-state index in [4.69, 9.17) is 5.11 Å². The second-order valence-electron chi connectivity index (χ2n) is 1.36. The summed E-state index contributed by atoms with van der Waals surface area (Å²) in [5.74, 6) is -0.914. The van der Waals surface area contributed by atoms with E-state index in [9.17, 15) is 4.79 Å². The van der Waals surface area contributed by atoms with Crippen LogP contribution in [0.15, 0.2) is 17.4 Å². The maximum atomic E-state index is 9.97. The summed E-state index contributed by atoms with van der Waals surface area (Å²) in [5, 5.41) is 8.19. The summed E-state index contributed by atoms with van der Waals surface area (Å²) in [4.78, 5) is 9.97. The van der Waals surface area contributed by atoms with Gasteiger partial charge in [-0.15, -0.1) is 5.73 Å². The third-order valence-electron chi connectivity index (χ3n) is 0.682. The monoisotopic (exact) mass is 154 g/mol. The van der Waals surface area contributed by atoms with Crippen LogP contribution in [0.2, 0.25) is 0 Å². The van der Waals surface area contributed by atoms with Gasteiger partial charge in [0.15, 0.2) is 0 Å². The molecule has 1 N–H and O–H groups in total. The van der Waals surface area contributed by atoms with E-state index in [2.05, 4.69) is 5.73 Å². The molecule has 0 atom stereocenters. The first-order chi connectivity index (χ1) is 3.68. The van der Waals surface area contributed by atoms with E-state index in [1.54, 1.807) is 13.0 Å². The number of rotatable bonds is 1. The zero-order valence-electron chi connectivity index (χ0n) is 4.93.